The summed E-state index contributed by atoms with van der Waals surface area (Å²) in [5.41, 5.74) is 0. The molecule has 0 aliphatic rings. The van der Waals surface area contributed by atoms with Crippen molar-refractivity contribution in [2.24, 2.45) is 0 Å². The molecule has 0 bridgehead atoms. The van der Waals surface area contributed by atoms with E-state index >= 15 is 0 Å². The number of hydrogen-bond acceptors (Lipinski definition) is 2. The second-order valence-corrected chi connectivity index (χ2v) is 4.09. The van der Waals surface area contributed by atoms with Gasteiger partial charge in [-0.2, -0.15) is 0 Å². The van der Waals surface area contributed by atoms with Gasteiger partial charge in [-0.1, -0.05) is 11.6 Å². The Bertz CT molecular complexity index is 315. The summed E-state index contributed by atoms with van der Waals surface area (Å²) in [6.07, 6.45) is 0. The first kappa shape index (κ1) is 10.2. The molecular weight excluding hydrogens is 311 g/mol. The van der Waals surface area contributed by atoms with Gasteiger partial charge in [-0.05, 0) is 37.9 Å². The molecule has 0 amide bonds. The lowest BCUT2D eigenvalue weighted by molar-refractivity contribution is 0.403. The van der Waals surface area contributed by atoms with Gasteiger partial charge in [0.15, 0.2) is 5.75 Å². The Morgan fingerprint density at radius 1 is 1.50 bits per heavy atom. The lowest BCUT2D eigenvalue weighted by Crippen LogP contribution is -1.86. The standard InChI is InChI=1S/C7H5Br2ClO2/c1-12-7-4(10)2-3(8)6(11)5(7)9/h2,11H,1H3. The number of aromatic hydroxyl groups is 1. The third-order valence-electron chi connectivity index (χ3n) is 1.31. The Kier molecular flexibility index (Phi) is 3.26. The lowest BCUT2D eigenvalue weighted by atomic mass is 10.3. The van der Waals surface area contributed by atoms with E-state index in [2.05, 4.69) is 31.9 Å². The minimum Gasteiger partial charge on any atom is -0.505 e. The summed E-state index contributed by atoms with van der Waals surface area (Å²) in [6, 6.07) is 1.57. The van der Waals surface area contributed by atoms with E-state index in [0.29, 0.717) is 19.7 Å². The van der Waals surface area contributed by atoms with E-state index in [0.717, 1.165) is 0 Å². The van der Waals surface area contributed by atoms with Crippen LogP contribution in [0.5, 0.6) is 11.5 Å². The van der Waals surface area contributed by atoms with Crippen LogP contribution in [0.25, 0.3) is 0 Å². The smallest absolute Gasteiger partial charge is 0.155 e. The zero-order chi connectivity index (χ0) is 9.30. The van der Waals surface area contributed by atoms with Crippen LogP contribution in [0, 0.1) is 0 Å². The monoisotopic (exact) mass is 314 g/mol. The Labute approximate surface area is 91.7 Å². The molecule has 0 atom stereocenters. The molecule has 66 valence electrons. The number of hydrogen-bond donors (Lipinski definition) is 1. The van der Waals surface area contributed by atoms with E-state index < -0.39 is 0 Å². The van der Waals surface area contributed by atoms with Crippen LogP contribution < -0.4 is 4.74 Å². The highest BCUT2D eigenvalue weighted by Crippen LogP contribution is 2.43. The van der Waals surface area contributed by atoms with E-state index in [1.54, 1.807) is 6.07 Å². The van der Waals surface area contributed by atoms with E-state index in [4.69, 9.17) is 16.3 Å². The zero-order valence-electron chi connectivity index (χ0n) is 6.07. The number of rotatable bonds is 1. The highest BCUT2D eigenvalue weighted by molar-refractivity contribution is 9.11. The maximum absolute atomic E-state index is 9.41. The van der Waals surface area contributed by atoms with Gasteiger partial charge >= 0.3 is 0 Å². The minimum absolute atomic E-state index is 0.0799. The summed E-state index contributed by atoms with van der Waals surface area (Å²) < 4.78 is 5.93. The van der Waals surface area contributed by atoms with E-state index in [1.807, 2.05) is 0 Å². The van der Waals surface area contributed by atoms with Gasteiger partial charge in [0, 0.05) is 0 Å². The van der Waals surface area contributed by atoms with Crippen molar-refractivity contribution in [3.05, 3.63) is 20.0 Å². The molecule has 0 aliphatic heterocycles. The molecule has 0 saturated heterocycles. The number of methoxy groups -OCH3 is 1. The summed E-state index contributed by atoms with van der Waals surface area (Å²) in [5.74, 6) is 0.508. The van der Waals surface area contributed by atoms with Crippen LogP contribution in [0.4, 0.5) is 0 Å². The molecule has 5 heteroatoms. The van der Waals surface area contributed by atoms with Gasteiger partial charge in [0.2, 0.25) is 0 Å². The molecule has 1 aromatic carbocycles. The molecule has 1 aromatic rings. The molecule has 0 aromatic heterocycles. The number of halogens is 3. The van der Waals surface area contributed by atoms with E-state index in [1.165, 1.54) is 7.11 Å². The summed E-state index contributed by atoms with van der Waals surface area (Å²) in [5, 5.41) is 9.85. The predicted octanol–water partition coefficient (Wildman–Crippen LogP) is 3.58. The number of phenols is 1. The SMILES string of the molecule is COc1c(Cl)cc(Br)c(O)c1Br. The summed E-state index contributed by atoms with van der Waals surface area (Å²) in [6.45, 7) is 0. The lowest BCUT2D eigenvalue weighted by Gasteiger charge is -2.08. The molecule has 1 rings (SSSR count). The molecular formula is C7H5Br2ClO2. The van der Waals surface area contributed by atoms with Crippen LogP contribution in [0.3, 0.4) is 0 Å². The Balaban J connectivity index is 3.40. The molecule has 0 aliphatic carbocycles. The zero-order valence-corrected chi connectivity index (χ0v) is 9.99. The molecule has 12 heavy (non-hydrogen) atoms. The fourth-order valence-electron chi connectivity index (χ4n) is 0.749. The van der Waals surface area contributed by atoms with E-state index in [-0.39, 0.29) is 5.75 Å². The maximum atomic E-state index is 9.41. The quantitative estimate of drug-likeness (QED) is 0.858. The van der Waals surface area contributed by atoms with E-state index in [9.17, 15) is 5.11 Å². The van der Waals surface area contributed by atoms with Crippen molar-refractivity contribution in [1.82, 2.24) is 0 Å². The number of phenolic OH excluding ortho intramolecular Hbond substituents is 1. The van der Waals surface area contributed by atoms with Crippen LogP contribution in [0.2, 0.25) is 5.02 Å². The normalized spacial score (nSPS) is 10.0. The van der Waals surface area contributed by atoms with Crippen LogP contribution in [-0.4, -0.2) is 12.2 Å². The third kappa shape index (κ3) is 1.70. The molecule has 0 spiro atoms. The molecule has 0 saturated carbocycles. The first-order chi connectivity index (χ1) is 5.57. The first-order valence-electron chi connectivity index (χ1n) is 2.98. The van der Waals surface area contributed by atoms with Crippen LogP contribution in [-0.2, 0) is 0 Å². The van der Waals surface area contributed by atoms with Gasteiger partial charge < -0.3 is 9.84 Å². The van der Waals surface area contributed by atoms with Gasteiger partial charge in [-0.25, -0.2) is 0 Å². The summed E-state index contributed by atoms with van der Waals surface area (Å²) in [7, 11) is 1.49. The van der Waals surface area contributed by atoms with Gasteiger partial charge in [-0.3, -0.25) is 0 Å². The molecule has 1 N–H and O–H groups in total. The summed E-state index contributed by atoms with van der Waals surface area (Å²) >= 11 is 12.1. The largest absolute Gasteiger partial charge is 0.505 e. The Hall–Kier alpha value is 0.0700. The van der Waals surface area contributed by atoms with Crippen molar-refractivity contribution in [1.29, 1.82) is 0 Å². The van der Waals surface area contributed by atoms with Crippen molar-refractivity contribution in [3.8, 4) is 11.5 Å². The third-order valence-corrected chi connectivity index (χ3v) is 2.93. The molecule has 0 unspecified atom stereocenters. The highest BCUT2D eigenvalue weighted by atomic mass is 79.9. The molecule has 2 nitrogen and oxygen atoms in total. The average molecular weight is 316 g/mol. The first-order valence-corrected chi connectivity index (χ1v) is 4.94. The molecule has 0 radical (unpaired) electrons. The van der Waals surface area contributed by atoms with Gasteiger partial charge in [0.25, 0.3) is 0 Å². The van der Waals surface area contributed by atoms with Crippen molar-refractivity contribution in [2.45, 2.75) is 0 Å². The topological polar surface area (TPSA) is 29.5 Å². The Morgan fingerprint density at radius 3 is 2.58 bits per heavy atom. The minimum atomic E-state index is 0.0799. The molecule has 0 heterocycles. The fraction of sp³-hybridized carbons (Fsp3) is 0.143. The van der Waals surface area contributed by atoms with Crippen LogP contribution in [0.1, 0.15) is 0 Å². The highest BCUT2D eigenvalue weighted by Gasteiger charge is 2.13. The van der Waals surface area contributed by atoms with Crippen molar-refractivity contribution < 1.29 is 9.84 Å². The van der Waals surface area contributed by atoms with Gasteiger partial charge in [-0.15, -0.1) is 0 Å². The average Bonchev–Trinajstić information content (AvgIpc) is 2.01. The second kappa shape index (κ2) is 3.85. The number of ether oxygens (including phenoxy) is 1. The predicted molar refractivity (Wildman–Crippen MR) is 55.1 cm³/mol. The van der Waals surface area contributed by atoms with Crippen molar-refractivity contribution in [2.75, 3.05) is 7.11 Å². The fourth-order valence-corrected chi connectivity index (χ4v) is 2.56. The second-order valence-electron chi connectivity index (χ2n) is 2.04. The maximum Gasteiger partial charge on any atom is 0.155 e. The number of benzene rings is 1. The van der Waals surface area contributed by atoms with Gasteiger partial charge in [0.1, 0.15) is 10.2 Å². The Morgan fingerprint density at radius 2 is 2.08 bits per heavy atom. The van der Waals surface area contributed by atoms with Crippen LogP contribution >= 0.6 is 43.5 Å². The molecule has 0 fully saturated rings. The van der Waals surface area contributed by atoms with Crippen molar-refractivity contribution in [3.63, 3.8) is 0 Å². The van der Waals surface area contributed by atoms with Gasteiger partial charge in [0.05, 0.1) is 16.6 Å². The van der Waals surface area contributed by atoms with Crippen LogP contribution in [0.15, 0.2) is 15.0 Å². The van der Waals surface area contributed by atoms with Crippen molar-refractivity contribution >= 4 is 43.5 Å². The summed E-state index contributed by atoms with van der Waals surface area (Å²) in [4.78, 5) is 0.